The van der Waals surface area contributed by atoms with Gasteiger partial charge in [0.2, 0.25) is 0 Å². The van der Waals surface area contributed by atoms with Crippen molar-refractivity contribution in [3.8, 4) is 11.5 Å². The molecule has 0 saturated heterocycles. The fraction of sp³-hybridized carbons (Fsp3) is 0.0571. The lowest BCUT2D eigenvalue weighted by Gasteiger charge is -2.16. The van der Waals surface area contributed by atoms with Crippen molar-refractivity contribution >= 4 is 90.6 Å². The Hall–Kier alpha value is -5.97. The van der Waals surface area contributed by atoms with E-state index in [1.807, 2.05) is 0 Å². The highest BCUT2D eigenvalue weighted by Gasteiger charge is 2.23. The summed E-state index contributed by atoms with van der Waals surface area (Å²) in [4.78, 5) is 11.3. The van der Waals surface area contributed by atoms with Gasteiger partial charge in [-0.15, -0.1) is 0 Å². The summed E-state index contributed by atoms with van der Waals surface area (Å²) in [7, 11) is -18.3. The predicted molar refractivity (Wildman–Crippen MR) is 207 cm³/mol. The Balaban J connectivity index is 1.19. The number of urea groups is 1. The van der Waals surface area contributed by atoms with E-state index in [-0.39, 0.29) is 65.6 Å². The molecule has 0 aliphatic rings. The predicted octanol–water partition coefficient (Wildman–Crippen LogP) is 5.76. The molecule has 17 nitrogen and oxygen atoms in total. The number of hydrogen-bond donors (Lipinski definition) is 8. The van der Waals surface area contributed by atoms with Crippen molar-refractivity contribution in [2.24, 2.45) is 0 Å². The van der Waals surface area contributed by atoms with Crippen molar-refractivity contribution in [2.45, 2.75) is 33.4 Å². The molecule has 0 aliphatic heterocycles. The standard InChI is InChI=1S/C35H30N4O13S4/c1-19-11-25(53(43,44)38-33-17-27(55(47,48)49)13-21-3-5-23(40)15-29(21)33)7-9-31(19)36-35(42)37-32-10-8-26(12-20(32)2)54(45,46)39-34-18-28(56(50,51)52)14-22-4-6-24(41)16-30(22)34/h3-18,38-41H,1-2H3,(H2,36,37,42)(H,47,48,49)(H,50,51,52). The van der Waals surface area contributed by atoms with E-state index >= 15 is 0 Å². The number of aryl methyl sites for hydroxylation is 2. The van der Waals surface area contributed by atoms with Crippen LogP contribution in [0.2, 0.25) is 0 Å². The first-order valence-electron chi connectivity index (χ1n) is 15.8. The number of nitrogens with one attached hydrogen (secondary N) is 4. The number of phenols is 2. The monoisotopic (exact) mass is 842 g/mol. The van der Waals surface area contributed by atoms with Crippen LogP contribution in [-0.4, -0.2) is 59.0 Å². The summed E-state index contributed by atoms with van der Waals surface area (Å²) in [6.45, 7) is 3.02. The zero-order valence-corrected chi connectivity index (χ0v) is 32.1. The highest BCUT2D eigenvalue weighted by Crippen LogP contribution is 2.34. The number of fused-ring (bicyclic) bond motifs is 2. The summed E-state index contributed by atoms with van der Waals surface area (Å²) in [5.41, 5.74) is 0.486. The molecule has 0 bridgehead atoms. The van der Waals surface area contributed by atoms with Crippen molar-refractivity contribution in [1.29, 1.82) is 0 Å². The van der Waals surface area contributed by atoms with E-state index < -0.39 is 56.1 Å². The van der Waals surface area contributed by atoms with Gasteiger partial charge in [-0.05, 0) is 121 Å². The van der Waals surface area contributed by atoms with Crippen LogP contribution in [-0.2, 0) is 40.3 Å². The molecule has 0 aromatic heterocycles. The lowest BCUT2D eigenvalue weighted by Crippen LogP contribution is -2.21. The molecule has 0 radical (unpaired) electrons. The number of benzene rings is 6. The van der Waals surface area contributed by atoms with Crippen LogP contribution in [0, 0.1) is 13.8 Å². The molecule has 0 saturated carbocycles. The Morgan fingerprint density at radius 2 is 0.839 bits per heavy atom. The van der Waals surface area contributed by atoms with E-state index in [1.165, 1.54) is 86.6 Å². The first-order valence-corrected chi connectivity index (χ1v) is 21.7. The van der Waals surface area contributed by atoms with Crippen LogP contribution in [0.15, 0.2) is 117 Å². The van der Waals surface area contributed by atoms with Gasteiger partial charge < -0.3 is 20.8 Å². The SMILES string of the molecule is Cc1cc(S(=O)(=O)Nc2cc(S(=O)(=O)O)cc3ccc(O)cc23)ccc1NC(=O)Nc1ccc(S(=O)(=O)Nc2cc(S(=O)(=O)O)cc3ccc(O)cc23)cc1C. The third-order valence-corrected chi connectivity index (χ3v) is 12.8. The van der Waals surface area contributed by atoms with Gasteiger partial charge in [0.15, 0.2) is 0 Å². The molecule has 0 atom stereocenters. The minimum atomic E-state index is -4.73. The maximum absolute atomic E-state index is 13.4. The van der Waals surface area contributed by atoms with Crippen LogP contribution in [0.5, 0.6) is 11.5 Å². The molecule has 0 fully saturated rings. The summed E-state index contributed by atoms with van der Waals surface area (Å²) < 4.78 is 125. The first kappa shape index (κ1) is 39.7. The minimum Gasteiger partial charge on any atom is -0.508 e. The fourth-order valence-corrected chi connectivity index (χ4v) is 9.07. The van der Waals surface area contributed by atoms with E-state index in [0.29, 0.717) is 11.1 Å². The third kappa shape index (κ3) is 8.46. The lowest BCUT2D eigenvalue weighted by molar-refractivity contribution is 0.262. The molecule has 0 heterocycles. The topological polar surface area (TPSA) is 283 Å². The van der Waals surface area contributed by atoms with E-state index in [2.05, 4.69) is 20.1 Å². The molecule has 0 spiro atoms. The number of phenolic OH excluding ortho intramolecular Hbond substituents is 2. The molecule has 292 valence electrons. The van der Waals surface area contributed by atoms with Gasteiger partial charge in [-0.2, -0.15) is 16.8 Å². The number of carbonyl (C=O) groups excluding carboxylic acids is 1. The second-order valence-electron chi connectivity index (χ2n) is 12.4. The average molecular weight is 843 g/mol. The molecule has 21 heteroatoms. The van der Waals surface area contributed by atoms with Crippen LogP contribution < -0.4 is 20.1 Å². The van der Waals surface area contributed by atoms with Crippen molar-refractivity contribution < 1.29 is 57.8 Å². The number of carbonyl (C=O) groups is 1. The van der Waals surface area contributed by atoms with E-state index in [1.54, 1.807) is 0 Å². The Morgan fingerprint density at radius 3 is 1.18 bits per heavy atom. The highest BCUT2D eigenvalue weighted by atomic mass is 32.2. The molecule has 0 aliphatic carbocycles. The first-order chi connectivity index (χ1) is 26.0. The largest absolute Gasteiger partial charge is 0.508 e. The number of amides is 2. The van der Waals surface area contributed by atoms with Gasteiger partial charge in [0.1, 0.15) is 11.5 Å². The van der Waals surface area contributed by atoms with Crippen molar-refractivity contribution in [3.63, 3.8) is 0 Å². The average Bonchev–Trinajstić information content (AvgIpc) is 3.09. The van der Waals surface area contributed by atoms with Crippen LogP contribution in [0.3, 0.4) is 0 Å². The molecule has 2 amide bonds. The van der Waals surface area contributed by atoms with Crippen LogP contribution in [0.25, 0.3) is 21.5 Å². The quantitative estimate of drug-likeness (QED) is 0.0763. The van der Waals surface area contributed by atoms with Crippen LogP contribution >= 0.6 is 0 Å². The second-order valence-corrected chi connectivity index (χ2v) is 18.7. The number of rotatable bonds is 10. The van der Waals surface area contributed by atoms with Gasteiger partial charge in [0, 0.05) is 22.1 Å². The van der Waals surface area contributed by atoms with Crippen molar-refractivity contribution in [1.82, 2.24) is 0 Å². The van der Waals surface area contributed by atoms with Gasteiger partial charge in [-0.1, -0.05) is 12.1 Å². The molecule has 6 rings (SSSR count). The van der Waals surface area contributed by atoms with Crippen LogP contribution in [0.4, 0.5) is 27.5 Å². The van der Waals surface area contributed by atoms with Gasteiger partial charge in [0.25, 0.3) is 40.3 Å². The maximum Gasteiger partial charge on any atom is 0.323 e. The summed E-state index contributed by atoms with van der Waals surface area (Å²) in [5.74, 6) is -0.456. The summed E-state index contributed by atoms with van der Waals surface area (Å²) in [5, 5.41) is 25.8. The van der Waals surface area contributed by atoms with Crippen molar-refractivity contribution in [3.05, 3.63) is 108 Å². The molecule has 8 N–H and O–H groups in total. The highest BCUT2D eigenvalue weighted by molar-refractivity contribution is 7.93. The smallest absolute Gasteiger partial charge is 0.323 e. The van der Waals surface area contributed by atoms with Gasteiger partial charge >= 0.3 is 6.03 Å². The summed E-state index contributed by atoms with van der Waals surface area (Å²) >= 11 is 0. The number of anilines is 4. The zero-order chi connectivity index (χ0) is 41.0. The maximum atomic E-state index is 13.4. The lowest BCUT2D eigenvalue weighted by atomic mass is 10.1. The number of hydrogen-bond acceptors (Lipinski definition) is 11. The zero-order valence-electron chi connectivity index (χ0n) is 28.8. The molecule has 56 heavy (non-hydrogen) atoms. The molecular formula is C35H30N4O13S4. The van der Waals surface area contributed by atoms with Crippen LogP contribution in [0.1, 0.15) is 11.1 Å². The Kier molecular flexibility index (Phi) is 10.1. The molecule has 6 aromatic rings. The second kappa shape index (κ2) is 14.3. The van der Waals surface area contributed by atoms with E-state index in [9.17, 15) is 57.8 Å². The number of aromatic hydroxyl groups is 2. The third-order valence-electron chi connectivity index (χ3n) is 8.42. The Morgan fingerprint density at radius 1 is 0.464 bits per heavy atom. The Bertz CT molecular complexity index is 2880. The minimum absolute atomic E-state index is 0.144. The van der Waals surface area contributed by atoms with E-state index in [4.69, 9.17) is 0 Å². The Labute approximate surface area is 320 Å². The normalized spacial score (nSPS) is 12.4. The molecular weight excluding hydrogens is 813 g/mol. The summed E-state index contributed by atoms with van der Waals surface area (Å²) in [6.07, 6.45) is 0. The van der Waals surface area contributed by atoms with Gasteiger partial charge in [0.05, 0.1) is 31.0 Å². The molecule has 0 unspecified atom stereocenters. The number of sulfonamides is 2. The summed E-state index contributed by atoms with van der Waals surface area (Å²) in [6, 6.07) is 18.3. The van der Waals surface area contributed by atoms with E-state index in [0.717, 1.165) is 24.3 Å². The fourth-order valence-electron chi connectivity index (χ4n) is 5.67. The van der Waals surface area contributed by atoms with Gasteiger partial charge in [-0.25, -0.2) is 21.6 Å². The molecule has 6 aromatic carbocycles. The van der Waals surface area contributed by atoms with Gasteiger partial charge in [-0.3, -0.25) is 18.5 Å². The van der Waals surface area contributed by atoms with Crippen molar-refractivity contribution in [2.75, 3.05) is 20.1 Å².